The summed E-state index contributed by atoms with van der Waals surface area (Å²) in [6.45, 7) is 8.02. The number of ether oxygens (including phenoxy) is 2. The van der Waals surface area contributed by atoms with Crippen molar-refractivity contribution in [1.29, 1.82) is 0 Å². The molecule has 0 aliphatic heterocycles. The number of hydrogen-bond donors (Lipinski definition) is 1. The lowest BCUT2D eigenvalue weighted by Gasteiger charge is -2.10. The van der Waals surface area contributed by atoms with Crippen LogP contribution in [0.15, 0.2) is 55.1 Å². The highest BCUT2D eigenvalue weighted by Crippen LogP contribution is 2.28. The predicted octanol–water partition coefficient (Wildman–Crippen LogP) is 4.53. The number of aryl methyl sites for hydroxylation is 2. The maximum atomic E-state index is 12.1. The highest BCUT2D eigenvalue weighted by Gasteiger charge is 2.05. The van der Waals surface area contributed by atoms with Gasteiger partial charge in [-0.1, -0.05) is 36.4 Å². The Bertz CT molecular complexity index is 794. The molecule has 0 aromatic heterocycles. The number of anilines is 1. The van der Waals surface area contributed by atoms with Crippen LogP contribution in [0, 0.1) is 13.8 Å². The van der Waals surface area contributed by atoms with Crippen LogP contribution < -0.4 is 14.8 Å². The van der Waals surface area contributed by atoms with Gasteiger partial charge in [0.25, 0.3) is 0 Å². The molecule has 0 heterocycles. The summed E-state index contributed by atoms with van der Waals surface area (Å²) in [5.74, 6) is 1.07. The van der Waals surface area contributed by atoms with Gasteiger partial charge in [0.2, 0.25) is 5.91 Å². The molecule has 0 fully saturated rings. The summed E-state index contributed by atoms with van der Waals surface area (Å²) >= 11 is 0. The third kappa shape index (κ3) is 5.24. The number of rotatable bonds is 7. The molecule has 0 aliphatic carbocycles. The Kier molecular flexibility index (Phi) is 6.40. The van der Waals surface area contributed by atoms with Crippen molar-refractivity contribution in [2.24, 2.45) is 0 Å². The van der Waals surface area contributed by atoms with Crippen LogP contribution in [0.3, 0.4) is 0 Å². The SMILES string of the molecule is C=CCOc1ccc(/C=C/C(=O)Nc2ccc(C)cc2C)cc1OC. The molecule has 2 aromatic rings. The van der Waals surface area contributed by atoms with Crippen molar-refractivity contribution < 1.29 is 14.3 Å². The van der Waals surface area contributed by atoms with Gasteiger partial charge in [-0.3, -0.25) is 4.79 Å². The van der Waals surface area contributed by atoms with Gasteiger partial charge < -0.3 is 14.8 Å². The second-order valence-electron chi connectivity index (χ2n) is 5.65. The zero-order chi connectivity index (χ0) is 18.2. The molecule has 1 N–H and O–H groups in total. The number of hydrogen-bond acceptors (Lipinski definition) is 3. The summed E-state index contributed by atoms with van der Waals surface area (Å²) < 4.78 is 10.8. The van der Waals surface area contributed by atoms with E-state index in [0.717, 1.165) is 22.4 Å². The number of carbonyl (C=O) groups is 1. The third-order valence-electron chi connectivity index (χ3n) is 3.61. The van der Waals surface area contributed by atoms with Gasteiger partial charge in [-0.15, -0.1) is 0 Å². The first-order chi connectivity index (χ1) is 12.0. The first-order valence-electron chi connectivity index (χ1n) is 8.01. The second-order valence-corrected chi connectivity index (χ2v) is 5.65. The van der Waals surface area contributed by atoms with E-state index >= 15 is 0 Å². The van der Waals surface area contributed by atoms with Crippen LogP contribution in [0.25, 0.3) is 6.08 Å². The maximum absolute atomic E-state index is 12.1. The molecule has 25 heavy (non-hydrogen) atoms. The van der Waals surface area contributed by atoms with E-state index in [0.29, 0.717) is 18.1 Å². The molecule has 2 rings (SSSR count). The van der Waals surface area contributed by atoms with Crippen LogP contribution in [-0.2, 0) is 4.79 Å². The number of benzene rings is 2. The quantitative estimate of drug-likeness (QED) is 0.596. The van der Waals surface area contributed by atoms with Gasteiger partial charge in [-0.05, 0) is 49.2 Å². The predicted molar refractivity (Wildman–Crippen MR) is 102 cm³/mol. The Morgan fingerprint density at radius 3 is 2.64 bits per heavy atom. The number of nitrogens with one attached hydrogen (secondary N) is 1. The summed E-state index contributed by atoms with van der Waals surface area (Å²) in [6, 6.07) is 11.4. The minimum absolute atomic E-state index is 0.182. The molecule has 130 valence electrons. The Morgan fingerprint density at radius 2 is 1.96 bits per heavy atom. The van der Waals surface area contributed by atoms with Gasteiger partial charge in [-0.2, -0.15) is 0 Å². The van der Waals surface area contributed by atoms with Gasteiger partial charge in [-0.25, -0.2) is 0 Å². The fraction of sp³-hybridized carbons (Fsp3) is 0.190. The monoisotopic (exact) mass is 337 g/mol. The molecule has 4 heteroatoms. The highest BCUT2D eigenvalue weighted by molar-refractivity contribution is 6.02. The summed E-state index contributed by atoms with van der Waals surface area (Å²) in [5.41, 5.74) is 3.86. The number of carbonyl (C=O) groups excluding carboxylic acids is 1. The van der Waals surface area contributed by atoms with E-state index in [4.69, 9.17) is 9.47 Å². The minimum Gasteiger partial charge on any atom is -0.493 e. The second kappa shape index (κ2) is 8.73. The van der Waals surface area contributed by atoms with Crippen molar-refractivity contribution in [3.63, 3.8) is 0 Å². The fourth-order valence-corrected chi connectivity index (χ4v) is 2.36. The first kappa shape index (κ1) is 18.3. The van der Waals surface area contributed by atoms with Crippen molar-refractivity contribution in [2.75, 3.05) is 19.0 Å². The number of amides is 1. The van der Waals surface area contributed by atoms with Crippen molar-refractivity contribution in [3.05, 3.63) is 71.8 Å². The van der Waals surface area contributed by atoms with Crippen LogP contribution in [-0.4, -0.2) is 19.6 Å². The standard InChI is InChI=1S/C21H23NO3/c1-5-12-25-19-10-7-17(14-20(19)24-4)8-11-21(23)22-18-9-6-15(2)13-16(18)3/h5-11,13-14H,1,12H2,2-4H3,(H,22,23)/b11-8+. The van der Waals surface area contributed by atoms with E-state index in [1.165, 1.54) is 6.08 Å². The van der Waals surface area contributed by atoms with E-state index in [-0.39, 0.29) is 5.91 Å². The Hall–Kier alpha value is -3.01. The van der Waals surface area contributed by atoms with Crippen LogP contribution in [0.4, 0.5) is 5.69 Å². The molecule has 2 aromatic carbocycles. The molecule has 4 nitrogen and oxygen atoms in total. The van der Waals surface area contributed by atoms with E-state index in [2.05, 4.69) is 11.9 Å². The zero-order valence-electron chi connectivity index (χ0n) is 14.8. The summed E-state index contributed by atoms with van der Waals surface area (Å²) in [6.07, 6.45) is 4.90. The van der Waals surface area contributed by atoms with E-state index in [1.807, 2.05) is 50.2 Å². The van der Waals surface area contributed by atoms with E-state index in [1.54, 1.807) is 19.3 Å². The van der Waals surface area contributed by atoms with Crippen LogP contribution in [0.5, 0.6) is 11.5 Å². The smallest absolute Gasteiger partial charge is 0.248 e. The van der Waals surface area contributed by atoms with Crippen molar-refractivity contribution in [2.45, 2.75) is 13.8 Å². The van der Waals surface area contributed by atoms with Crippen LogP contribution in [0.2, 0.25) is 0 Å². The molecule has 0 spiro atoms. The topological polar surface area (TPSA) is 47.6 Å². The average molecular weight is 337 g/mol. The van der Waals surface area contributed by atoms with E-state index in [9.17, 15) is 4.79 Å². The molecule has 0 bridgehead atoms. The summed E-state index contributed by atoms with van der Waals surface area (Å²) in [7, 11) is 1.58. The fourth-order valence-electron chi connectivity index (χ4n) is 2.36. The first-order valence-corrected chi connectivity index (χ1v) is 8.01. The minimum atomic E-state index is -0.182. The Labute approximate surface area is 148 Å². The molecular weight excluding hydrogens is 314 g/mol. The van der Waals surface area contributed by atoms with Crippen molar-refractivity contribution in [3.8, 4) is 11.5 Å². The normalized spacial score (nSPS) is 10.5. The highest BCUT2D eigenvalue weighted by atomic mass is 16.5. The van der Waals surface area contributed by atoms with Crippen molar-refractivity contribution >= 4 is 17.7 Å². The van der Waals surface area contributed by atoms with Gasteiger partial charge in [0.05, 0.1) is 7.11 Å². The van der Waals surface area contributed by atoms with Gasteiger partial charge in [0.15, 0.2) is 11.5 Å². The van der Waals surface area contributed by atoms with Crippen LogP contribution >= 0.6 is 0 Å². The van der Waals surface area contributed by atoms with Gasteiger partial charge in [0, 0.05) is 11.8 Å². The summed E-state index contributed by atoms with van der Waals surface area (Å²) in [5, 5.41) is 2.88. The lowest BCUT2D eigenvalue weighted by atomic mass is 10.1. The van der Waals surface area contributed by atoms with Gasteiger partial charge >= 0.3 is 0 Å². The summed E-state index contributed by atoms with van der Waals surface area (Å²) in [4.78, 5) is 12.1. The third-order valence-corrected chi connectivity index (χ3v) is 3.61. The largest absolute Gasteiger partial charge is 0.493 e. The van der Waals surface area contributed by atoms with Crippen LogP contribution in [0.1, 0.15) is 16.7 Å². The Balaban J connectivity index is 2.07. The zero-order valence-corrected chi connectivity index (χ0v) is 14.8. The number of methoxy groups -OCH3 is 1. The molecule has 0 aliphatic rings. The molecule has 0 radical (unpaired) electrons. The van der Waals surface area contributed by atoms with Crippen molar-refractivity contribution in [1.82, 2.24) is 0 Å². The average Bonchev–Trinajstić information content (AvgIpc) is 2.60. The van der Waals surface area contributed by atoms with E-state index < -0.39 is 0 Å². The molecule has 0 saturated carbocycles. The molecule has 1 amide bonds. The molecule has 0 saturated heterocycles. The van der Waals surface area contributed by atoms with Gasteiger partial charge in [0.1, 0.15) is 6.61 Å². The Morgan fingerprint density at radius 1 is 1.16 bits per heavy atom. The molecular formula is C21H23NO3. The lowest BCUT2D eigenvalue weighted by Crippen LogP contribution is -2.08. The lowest BCUT2D eigenvalue weighted by molar-refractivity contribution is -0.111. The molecule has 0 atom stereocenters. The molecule has 0 unspecified atom stereocenters. The maximum Gasteiger partial charge on any atom is 0.248 e.